The van der Waals surface area contributed by atoms with E-state index in [2.05, 4.69) is 31.9 Å². The number of rotatable bonds is 6. The minimum Gasteiger partial charge on any atom is -0.487 e. The number of thioether (sulfide) groups is 1. The van der Waals surface area contributed by atoms with Crippen LogP contribution in [0.5, 0.6) is 5.75 Å². The van der Waals surface area contributed by atoms with Crippen LogP contribution < -0.4 is 39.6 Å². The van der Waals surface area contributed by atoms with E-state index in [1.54, 1.807) is 18.2 Å². The molecule has 186 valence electrons. The van der Waals surface area contributed by atoms with Gasteiger partial charge in [-0.15, -0.1) is 17.2 Å². The number of nitrogens with zero attached hydrogens (tertiary/aromatic N) is 5. The zero-order valence-corrected chi connectivity index (χ0v) is 23.4. The molecule has 0 spiro atoms. The number of carbonyl (C=O) groups excluding carboxylic acids is 1. The zero-order valence-electron chi connectivity index (χ0n) is 20.6. The van der Waals surface area contributed by atoms with Crippen LogP contribution in [0, 0.1) is 6.07 Å². The second-order valence-electron chi connectivity index (χ2n) is 7.51. The molecule has 1 aliphatic rings. The van der Waals surface area contributed by atoms with E-state index in [0.29, 0.717) is 28.1 Å². The van der Waals surface area contributed by atoms with Crippen molar-refractivity contribution in [2.24, 2.45) is 4.99 Å². The number of aromatic nitrogens is 4. The molecule has 0 atom stereocenters. The van der Waals surface area contributed by atoms with Crippen molar-refractivity contribution in [3.63, 3.8) is 0 Å². The Morgan fingerprint density at radius 2 is 1.92 bits per heavy atom. The topological polar surface area (TPSA) is 132 Å². The summed E-state index contributed by atoms with van der Waals surface area (Å²) >= 11 is 1.29. The summed E-state index contributed by atoms with van der Waals surface area (Å²) in [4.78, 5) is 26.5. The van der Waals surface area contributed by atoms with Crippen molar-refractivity contribution in [3.05, 3.63) is 101 Å². The molecule has 0 unspecified atom stereocenters. The largest absolute Gasteiger partial charge is 1.00 e. The molecule has 0 bridgehead atoms. The van der Waals surface area contributed by atoms with Gasteiger partial charge >= 0.3 is 29.6 Å². The van der Waals surface area contributed by atoms with Crippen LogP contribution in [0.25, 0.3) is 11.8 Å². The monoisotopic (exact) mass is 536 g/mol. The third-order valence-electron chi connectivity index (χ3n) is 4.70. The van der Waals surface area contributed by atoms with Gasteiger partial charge < -0.3 is 15.2 Å². The smallest absolute Gasteiger partial charge is 0.487 e. The van der Waals surface area contributed by atoms with E-state index in [1.165, 1.54) is 22.8 Å². The third kappa shape index (κ3) is 8.38. The van der Waals surface area contributed by atoms with Crippen LogP contribution >= 0.6 is 11.8 Å². The number of amidine groups is 1. The van der Waals surface area contributed by atoms with Gasteiger partial charge in [0.2, 0.25) is 0 Å². The number of amides is 1. The summed E-state index contributed by atoms with van der Waals surface area (Å²) in [7, 11) is 0. The Balaban J connectivity index is 0.000000749. The molecule has 1 saturated heterocycles. The van der Waals surface area contributed by atoms with Gasteiger partial charge in [0.05, 0.1) is 4.91 Å². The van der Waals surface area contributed by atoms with Crippen molar-refractivity contribution in [1.29, 1.82) is 0 Å². The second-order valence-corrected chi connectivity index (χ2v) is 8.55. The quantitative estimate of drug-likeness (QED) is 0.212. The van der Waals surface area contributed by atoms with E-state index in [0.717, 1.165) is 23.7 Å². The van der Waals surface area contributed by atoms with E-state index in [1.807, 2.05) is 60.7 Å². The zero-order chi connectivity index (χ0) is 26.0. The third-order valence-corrected chi connectivity index (χ3v) is 5.61. The summed E-state index contributed by atoms with van der Waals surface area (Å²) in [5, 5.41) is 22.1. The van der Waals surface area contributed by atoms with Gasteiger partial charge in [0.15, 0.2) is 5.17 Å². The number of carbonyl (C=O) groups is 2. The summed E-state index contributed by atoms with van der Waals surface area (Å²) in [5.41, 5.74) is 3.29. The first-order valence-corrected chi connectivity index (χ1v) is 11.8. The summed E-state index contributed by atoms with van der Waals surface area (Å²) < 4.78 is 7.64. The van der Waals surface area contributed by atoms with E-state index in [4.69, 9.17) is 14.6 Å². The number of tetrazole rings is 1. The Hall–Kier alpha value is -3.77. The van der Waals surface area contributed by atoms with Gasteiger partial charge in [-0.2, -0.15) is 22.9 Å². The SMILES string of the molecule is CC(=O)O.O=C1NC(=Nc2cc[c-]cc2)S/C1=C/c1ccc(-n2cnnn2)c(OCc2ccccc2)c1.[Na+]. The van der Waals surface area contributed by atoms with Crippen LogP contribution in [0.1, 0.15) is 18.1 Å². The second kappa shape index (κ2) is 14.2. The fourth-order valence-corrected chi connectivity index (χ4v) is 3.98. The average molecular weight is 537 g/mol. The number of hydrogen-bond acceptors (Lipinski definition) is 8. The predicted octanol–water partition coefficient (Wildman–Crippen LogP) is 1.03. The average Bonchev–Trinajstić information content (AvgIpc) is 3.54. The van der Waals surface area contributed by atoms with Crippen LogP contribution in [0.4, 0.5) is 5.69 Å². The molecule has 1 amide bonds. The minimum atomic E-state index is -0.833. The van der Waals surface area contributed by atoms with Crippen LogP contribution in [0.15, 0.2) is 89.0 Å². The Bertz CT molecular complexity index is 1430. The molecule has 5 rings (SSSR count). The van der Waals surface area contributed by atoms with Crippen LogP contribution in [-0.2, 0) is 16.2 Å². The molecule has 4 aromatic rings. The van der Waals surface area contributed by atoms with E-state index in [9.17, 15) is 4.79 Å². The Kier molecular flexibility index (Phi) is 10.8. The number of benzene rings is 3. The molecule has 0 saturated carbocycles. The number of aliphatic carboxylic acids is 1. The van der Waals surface area contributed by atoms with Crippen molar-refractivity contribution in [2.75, 3.05) is 0 Å². The molecule has 1 aromatic heterocycles. The van der Waals surface area contributed by atoms with Crippen LogP contribution in [0.3, 0.4) is 0 Å². The molecular formula is C26H21N6NaO4S. The molecule has 0 aliphatic carbocycles. The van der Waals surface area contributed by atoms with Crippen LogP contribution in [0.2, 0.25) is 0 Å². The molecule has 12 heteroatoms. The molecule has 10 nitrogen and oxygen atoms in total. The summed E-state index contributed by atoms with van der Waals surface area (Å²) in [6.45, 7) is 1.47. The van der Waals surface area contributed by atoms with Gasteiger partial charge in [-0.25, -0.2) is 0 Å². The van der Waals surface area contributed by atoms with Gasteiger partial charge in [-0.3, -0.25) is 14.6 Å². The van der Waals surface area contributed by atoms with E-state index in [-0.39, 0.29) is 35.5 Å². The number of hydrogen-bond donors (Lipinski definition) is 2. The molecule has 3 aromatic carbocycles. The van der Waals surface area contributed by atoms with Crippen molar-refractivity contribution in [2.45, 2.75) is 13.5 Å². The maximum Gasteiger partial charge on any atom is 1.00 e. The van der Waals surface area contributed by atoms with Gasteiger partial charge in [0.25, 0.3) is 11.9 Å². The normalized spacial score (nSPS) is 14.3. The summed E-state index contributed by atoms with van der Waals surface area (Å²) in [6.07, 6.45) is 3.31. The molecule has 1 aliphatic heterocycles. The summed E-state index contributed by atoms with van der Waals surface area (Å²) in [6, 6.07) is 25.6. The Labute approximate surface area is 245 Å². The van der Waals surface area contributed by atoms with Crippen molar-refractivity contribution >= 4 is 40.6 Å². The first kappa shape index (κ1) is 28.8. The Morgan fingerprint density at radius 1 is 1.18 bits per heavy atom. The number of ether oxygens (including phenoxy) is 1. The van der Waals surface area contributed by atoms with Gasteiger partial charge in [0.1, 0.15) is 24.4 Å². The van der Waals surface area contributed by atoms with Crippen molar-refractivity contribution < 1.29 is 49.0 Å². The van der Waals surface area contributed by atoms with Crippen molar-refractivity contribution in [1.82, 2.24) is 25.5 Å². The molecule has 2 heterocycles. The first-order valence-electron chi connectivity index (χ1n) is 11.0. The number of nitrogens with one attached hydrogen (secondary N) is 1. The van der Waals surface area contributed by atoms with Gasteiger partial charge in [-0.1, -0.05) is 36.4 Å². The molecule has 2 N–H and O–H groups in total. The van der Waals surface area contributed by atoms with Gasteiger partial charge in [0, 0.05) is 6.92 Å². The predicted molar refractivity (Wildman–Crippen MR) is 139 cm³/mol. The van der Waals surface area contributed by atoms with E-state index < -0.39 is 5.97 Å². The molecule has 0 radical (unpaired) electrons. The van der Waals surface area contributed by atoms with Crippen LogP contribution in [-0.4, -0.2) is 42.4 Å². The maximum atomic E-state index is 12.5. The van der Waals surface area contributed by atoms with E-state index >= 15 is 0 Å². The number of carboxylic acids is 1. The summed E-state index contributed by atoms with van der Waals surface area (Å²) in [5.74, 6) is -0.434. The maximum absolute atomic E-state index is 12.5. The minimum absolute atomic E-state index is 0. The fraction of sp³-hybridized carbons (Fsp3) is 0.0769. The van der Waals surface area contributed by atoms with Crippen molar-refractivity contribution in [3.8, 4) is 11.4 Å². The Morgan fingerprint density at radius 3 is 2.61 bits per heavy atom. The number of aliphatic imine (C=N–C) groups is 1. The first-order chi connectivity index (χ1) is 18.0. The molecule has 38 heavy (non-hydrogen) atoms. The number of carboxylic acid groups (broad SMARTS) is 1. The molecule has 1 fully saturated rings. The van der Waals surface area contributed by atoms with Gasteiger partial charge in [-0.05, 0) is 57.2 Å². The standard InChI is InChI=1S/C24H17N6O2S.C2H4O2.Na/c31-23-22(33-24(27-23)26-19-9-5-2-6-10-19)14-18-11-12-20(30-16-25-28-29-30)21(13-18)32-15-17-7-3-1-4-8-17;1-2(3)4;/h1,3-14,16H,15H2,(H,26,27,31);1H3,(H,3,4);/q-1;;+1/b22-14+;;. The molecular weight excluding hydrogens is 515 g/mol. The fourth-order valence-electron chi connectivity index (χ4n) is 3.13.